The summed E-state index contributed by atoms with van der Waals surface area (Å²) in [7, 11) is 0. The van der Waals surface area contributed by atoms with Gasteiger partial charge < -0.3 is 28.4 Å². The number of carbonyl (C=O) groups excluding carboxylic acids is 2. The highest BCUT2D eigenvalue weighted by atomic mass is 35.5. The number of halogens is 8. The van der Waals surface area contributed by atoms with E-state index in [9.17, 15) is 35.9 Å². The molecule has 0 radical (unpaired) electrons. The Hall–Kier alpha value is -4.03. The topological polar surface area (TPSA) is 96.0 Å². The lowest BCUT2D eigenvalue weighted by atomic mass is 10.0. The van der Waals surface area contributed by atoms with Crippen LogP contribution in [0, 0.1) is 0 Å². The molecule has 0 bridgehead atoms. The summed E-state index contributed by atoms with van der Waals surface area (Å²) in [5.41, 5.74) is 0.160. The van der Waals surface area contributed by atoms with Crippen LogP contribution in [0.3, 0.4) is 0 Å². The van der Waals surface area contributed by atoms with Crippen LogP contribution < -0.4 is 4.74 Å². The number of para-hydroxylation sites is 1. The molecular weight excluding hydrogens is 889 g/mol. The molecule has 0 N–H and O–H groups in total. The van der Waals surface area contributed by atoms with Crippen molar-refractivity contribution in [3.8, 4) is 5.75 Å². The number of benzene rings is 3. The molecule has 5 rings (SSSR count). The van der Waals surface area contributed by atoms with E-state index in [0.29, 0.717) is 22.9 Å². The number of amides is 2. The molecule has 62 heavy (non-hydrogen) atoms. The molecule has 2 saturated heterocycles. The summed E-state index contributed by atoms with van der Waals surface area (Å²) < 4.78 is 112. The van der Waals surface area contributed by atoms with Crippen molar-refractivity contribution in [1.82, 2.24) is 9.80 Å². The second-order valence-electron chi connectivity index (χ2n) is 16.6. The maximum atomic E-state index is 14.0. The second-order valence-corrected chi connectivity index (χ2v) is 17.8. The van der Waals surface area contributed by atoms with E-state index >= 15 is 0 Å². The van der Waals surface area contributed by atoms with Gasteiger partial charge in [0.2, 0.25) is 6.10 Å². The van der Waals surface area contributed by atoms with Crippen molar-refractivity contribution in [3.05, 3.63) is 100 Å². The summed E-state index contributed by atoms with van der Waals surface area (Å²) in [4.78, 5) is 28.1. The van der Waals surface area contributed by atoms with Gasteiger partial charge in [0.05, 0.1) is 50.9 Å². The fourth-order valence-corrected chi connectivity index (χ4v) is 6.77. The first-order valence-corrected chi connectivity index (χ1v) is 20.7. The van der Waals surface area contributed by atoms with Crippen molar-refractivity contribution in [1.29, 1.82) is 0 Å². The summed E-state index contributed by atoms with van der Waals surface area (Å²) in [6.07, 6.45) is -16.0. The minimum absolute atomic E-state index is 0.0165. The fraction of sp³-hybridized carbons (Fsp3) is 0.512. The Kier molecular flexibility index (Phi) is 17.6. The van der Waals surface area contributed by atoms with Crippen LogP contribution in [0.25, 0.3) is 0 Å². The Labute approximate surface area is 372 Å². The molecule has 0 aliphatic carbocycles. The number of thiocarbonyl (C=S) groups is 1. The third-order valence-electron chi connectivity index (χ3n) is 9.00. The normalized spacial score (nSPS) is 20.3. The van der Waals surface area contributed by atoms with Gasteiger partial charge in [-0.05, 0) is 102 Å². The minimum Gasteiger partial charge on any atom is -0.444 e. The molecule has 3 aromatic carbocycles. The lowest BCUT2D eigenvalue weighted by molar-refractivity contribution is -0.244. The van der Waals surface area contributed by atoms with Crippen LogP contribution in [0.5, 0.6) is 5.75 Å². The Balaban J connectivity index is 0.000000287. The smallest absolute Gasteiger partial charge is 0.428 e. The van der Waals surface area contributed by atoms with Gasteiger partial charge in [-0.15, -0.1) is 0 Å². The van der Waals surface area contributed by atoms with Crippen LogP contribution >= 0.6 is 35.4 Å². The number of hydrogen-bond acceptors (Lipinski definition) is 9. The summed E-state index contributed by atoms with van der Waals surface area (Å²) >= 11 is 16.7. The van der Waals surface area contributed by atoms with Gasteiger partial charge in [0.15, 0.2) is 0 Å². The van der Waals surface area contributed by atoms with E-state index < -0.39 is 84.3 Å². The molecule has 342 valence electrons. The average molecular weight is 940 g/mol. The van der Waals surface area contributed by atoms with Crippen molar-refractivity contribution >= 4 is 52.8 Å². The van der Waals surface area contributed by atoms with E-state index in [1.165, 1.54) is 21.9 Å². The van der Waals surface area contributed by atoms with Crippen LogP contribution in [0.4, 0.5) is 35.9 Å². The first kappa shape index (κ1) is 50.6. The van der Waals surface area contributed by atoms with Gasteiger partial charge in [0.1, 0.15) is 23.1 Å². The van der Waals surface area contributed by atoms with Gasteiger partial charge in [0, 0.05) is 22.3 Å². The summed E-state index contributed by atoms with van der Waals surface area (Å²) in [6.45, 7) is 9.44. The minimum atomic E-state index is -4.85. The monoisotopic (exact) mass is 938 g/mol. The Bertz CT molecular complexity index is 1910. The standard InChI is InChI=1S/C25H27ClF3NO5S.C18H23ClF3NO3/c1-24(2,3)35-22(31)30-14-20(32-15-18(30)13-16-9-11-17(26)12-10-16)21(25(27,28)29)34-23(36)33-19-7-5-4-6-8-19;1-17(2,3)26-16(24)23-10-15(9-18(20,21)22)25-11-14(23)8-12-4-6-13(19)7-5-12/h4-12,18,20-21H,13-15H2,1-3H3;4-7,14-15H,8-11H2,1-3H3/t18-,20+,21?;14-,15-/m00/s1. The van der Waals surface area contributed by atoms with Crippen LogP contribution in [0.15, 0.2) is 78.9 Å². The largest absolute Gasteiger partial charge is 0.444 e. The Morgan fingerprint density at radius 3 is 1.60 bits per heavy atom. The molecule has 2 aliphatic heterocycles. The molecule has 0 aromatic heterocycles. The third kappa shape index (κ3) is 17.3. The predicted molar refractivity (Wildman–Crippen MR) is 225 cm³/mol. The highest BCUT2D eigenvalue weighted by Gasteiger charge is 2.52. The van der Waals surface area contributed by atoms with Crippen molar-refractivity contribution in [2.24, 2.45) is 0 Å². The van der Waals surface area contributed by atoms with Gasteiger partial charge in [-0.2, -0.15) is 26.3 Å². The average Bonchev–Trinajstić information content (AvgIpc) is 3.15. The molecule has 2 heterocycles. The lowest BCUT2D eigenvalue weighted by Crippen LogP contribution is -2.59. The summed E-state index contributed by atoms with van der Waals surface area (Å²) in [6, 6.07) is 21.1. The predicted octanol–water partition coefficient (Wildman–Crippen LogP) is 11.0. The highest BCUT2D eigenvalue weighted by Crippen LogP contribution is 2.32. The maximum Gasteiger partial charge on any atom is 0.428 e. The molecule has 2 fully saturated rings. The fourth-order valence-electron chi connectivity index (χ4n) is 6.32. The Morgan fingerprint density at radius 1 is 0.710 bits per heavy atom. The van der Waals surface area contributed by atoms with Gasteiger partial charge in [-0.25, -0.2) is 9.59 Å². The lowest BCUT2D eigenvalue weighted by Gasteiger charge is -2.42. The molecule has 0 spiro atoms. The van der Waals surface area contributed by atoms with Gasteiger partial charge in [-0.3, -0.25) is 9.80 Å². The number of hydrogen-bond donors (Lipinski definition) is 0. The van der Waals surface area contributed by atoms with Gasteiger partial charge in [0.25, 0.3) is 0 Å². The zero-order valence-corrected chi connectivity index (χ0v) is 37.3. The van der Waals surface area contributed by atoms with Crippen molar-refractivity contribution < 1.29 is 64.4 Å². The molecule has 2 amide bonds. The molecule has 2 aliphatic rings. The van der Waals surface area contributed by atoms with Crippen LogP contribution in [-0.4, -0.2) is 107 Å². The summed E-state index contributed by atoms with van der Waals surface area (Å²) in [5, 5.41) is 0.420. The molecule has 0 saturated carbocycles. The van der Waals surface area contributed by atoms with Crippen LogP contribution in [0.1, 0.15) is 59.1 Å². The third-order valence-corrected chi connectivity index (χ3v) is 9.68. The van der Waals surface area contributed by atoms with E-state index in [2.05, 4.69) is 0 Å². The van der Waals surface area contributed by atoms with Crippen molar-refractivity contribution in [2.45, 2.75) is 115 Å². The van der Waals surface area contributed by atoms with Crippen molar-refractivity contribution in [2.75, 3.05) is 26.3 Å². The molecular formula is C43H50Cl2F6N2O8S. The molecule has 3 aromatic rings. The zero-order valence-electron chi connectivity index (χ0n) is 34.9. The molecule has 5 atom stereocenters. The van der Waals surface area contributed by atoms with E-state index in [0.717, 1.165) is 11.1 Å². The number of carbonyl (C=O) groups is 2. The van der Waals surface area contributed by atoms with Crippen LogP contribution in [0.2, 0.25) is 10.0 Å². The number of alkyl halides is 6. The number of rotatable bonds is 8. The maximum absolute atomic E-state index is 14.0. The number of morpholine rings is 2. The molecule has 19 heteroatoms. The SMILES string of the molecule is CC(C)(C)OC(=O)N1C[C@H](C(OC(=S)Oc2ccccc2)C(F)(F)F)OC[C@@H]1Cc1ccc(Cl)cc1.CC(C)(C)OC(=O)N1C[C@H](CC(F)(F)F)OC[C@@H]1Cc1ccc(Cl)cc1. The van der Waals surface area contributed by atoms with Gasteiger partial charge >= 0.3 is 29.8 Å². The first-order valence-electron chi connectivity index (χ1n) is 19.5. The first-order chi connectivity index (χ1) is 28.7. The zero-order chi connectivity index (χ0) is 46.0. The Morgan fingerprint density at radius 2 is 1.16 bits per heavy atom. The second kappa shape index (κ2) is 21.6. The van der Waals surface area contributed by atoms with E-state index in [1.54, 1.807) is 96.1 Å². The number of nitrogens with zero attached hydrogens (tertiary/aromatic N) is 2. The van der Waals surface area contributed by atoms with Crippen molar-refractivity contribution in [3.63, 3.8) is 0 Å². The quantitative estimate of drug-likeness (QED) is 0.162. The van der Waals surface area contributed by atoms with E-state index in [-0.39, 0.29) is 25.5 Å². The summed E-state index contributed by atoms with van der Waals surface area (Å²) in [5.74, 6) is 0.228. The van der Waals surface area contributed by atoms with Crippen LogP contribution in [-0.2, 0) is 36.5 Å². The van der Waals surface area contributed by atoms with Gasteiger partial charge in [-0.1, -0.05) is 65.7 Å². The molecule has 10 nitrogen and oxygen atoms in total. The number of ether oxygens (including phenoxy) is 6. The molecule has 1 unspecified atom stereocenters. The highest BCUT2D eigenvalue weighted by molar-refractivity contribution is 7.79. The van der Waals surface area contributed by atoms with E-state index in [1.807, 2.05) is 12.1 Å². The van der Waals surface area contributed by atoms with E-state index in [4.69, 9.17) is 63.8 Å².